The van der Waals surface area contributed by atoms with Crippen LogP contribution < -0.4 is 15.0 Å². The van der Waals surface area contributed by atoms with E-state index >= 15 is 0 Å². The van der Waals surface area contributed by atoms with Gasteiger partial charge < -0.3 is 25.0 Å². The van der Waals surface area contributed by atoms with Crippen LogP contribution in [0.5, 0.6) is 5.75 Å². The number of halogens is 2. The number of benzene rings is 3. The quantitative estimate of drug-likeness (QED) is 0.321. The lowest BCUT2D eigenvalue weighted by Crippen LogP contribution is -2.41. The number of aliphatic hydroxyl groups is 1. The molecule has 1 aliphatic heterocycles. The molecule has 0 unspecified atom stereocenters. The first-order chi connectivity index (χ1) is 21.5. The zero-order valence-electron chi connectivity index (χ0n) is 24.7. The number of likely N-dealkylation sites (N-methyl/N-ethyl adjacent to an activating group) is 1. The van der Waals surface area contributed by atoms with Crippen molar-refractivity contribution in [2.75, 3.05) is 44.6 Å². The summed E-state index contributed by atoms with van der Waals surface area (Å²) in [6.45, 7) is 0.228. The lowest BCUT2D eigenvalue weighted by Gasteiger charge is -2.28. The summed E-state index contributed by atoms with van der Waals surface area (Å²) in [5.41, 5.74) is 0.902. The van der Waals surface area contributed by atoms with E-state index in [-0.39, 0.29) is 46.1 Å². The second-order valence-electron chi connectivity index (χ2n) is 10.0. The molecule has 0 aliphatic carbocycles. The van der Waals surface area contributed by atoms with Crippen LogP contribution in [0, 0.1) is 11.3 Å². The Morgan fingerprint density at radius 1 is 1.07 bits per heavy atom. The molecule has 2 heterocycles. The molecule has 0 atom stereocenters. The molecule has 4 aromatic rings. The summed E-state index contributed by atoms with van der Waals surface area (Å²) in [6.07, 6.45) is 1.38. The van der Waals surface area contributed by atoms with Gasteiger partial charge in [0.2, 0.25) is 5.91 Å². The van der Waals surface area contributed by atoms with E-state index in [1.54, 1.807) is 32.3 Å². The van der Waals surface area contributed by atoms with Crippen molar-refractivity contribution in [2.24, 2.45) is 0 Å². The molecule has 11 nitrogen and oxygen atoms in total. The van der Waals surface area contributed by atoms with Gasteiger partial charge in [0, 0.05) is 43.0 Å². The normalized spacial score (nSPS) is 12.3. The monoisotopic (exact) mass is 616 g/mol. The van der Waals surface area contributed by atoms with E-state index in [9.17, 15) is 28.4 Å². The third-order valence-electron chi connectivity index (χ3n) is 6.96. The summed E-state index contributed by atoms with van der Waals surface area (Å²) in [4.78, 5) is 39.3. The molecule has 0 spiro atoms. The Morgan fingerprint density at radius 3 is 2.31 bits per heavy atom. The van der Waals surface area contributed by atoms with E-state index in [4.69, 9.17) is 9.84 Å². The Balaban J connectivity index is 0.000000591. The first-order valence-electron chi connectivity index (χ1n) is 13.6. The summed E-state index contributed by atoms with van der Waals surface area (Å²) in [5.74, 6) is -4.07. The number of nitrogens with one attached hydrogen (secondary N) is 1. The number of ether oxygens (including phenoxy) is 1. The fourth-order valence-corrected chi connectivity index (χ4v) is 4.48. The minimum absolute atomic E-state index is 0.121. The SMILES string of the molecule is CN(C)C(=O)CO.COc1ccc(C(=O)Nc2cnn3c2C(=O)N(c2ccc(C(F)(F)c4ccccc4)cc2)CC3)cc1C#N. The van der Waals surface area contributed by atoms with Crippen molar-refractivity contribution in [3.63, 3.8) is 0 Å². The van der Waals surface area contributed by atoms with Crippen molar-refractivity contribution in [3.8, 4) is 11.8 Å². The molecule has 0 saturated carbocycles. The molecule has 1 aromatic heterocycles. The lowest BCUT2D eigenvalue weighted by molar-refractivity contribution is -0.131. The summed E-state index contributed by atoms with van der Waals surface area (Å²) in [6, 6.07) is 19.5. The molecule has 1 aliphatic rings. The van der Waals surface area contributed by atoms with Crippen LogP contribution in [-0.4, -0.2) is 71.9 Å². The van der Waals surface area contributed by atoms with Crippen molar-refractivity contribution < 1.29 is 33.0 Å². The number of nitrogens with zero attached hydrogens (tertiary/aromatic N) is 5. The number of amides is 3. The molecule has 3 amide bonds. The maximum absolute atomic E-state index is 14.9. The number of alkyl halides is 2. The molecule has 2 N–H and O–H groups in total. The van der Waals surface area contributed by atoms with Crippen molar-refractivity contribution in [1.29, 1.82) is 5.26 Å². The Hall–Kier alpha value is -5.61. The van der Waals surface area contributed by atoms with Gasteiger partial charge in [-0.2, -0.15) is 19.1 Å². The predicted molar refractivity (Wildman–Crippen MR) is 161 cm³/mol. The number of rotatable bonds is 7. The number of hydrogen-bond donors (Lipinski definition) is 2. The maximum Gasteiger partial charge on any atom is 0.298 e. The van der Waals surface area contributed by atoms with Crippen LogP contribution in [0.25, 0.3) is 0 Å². The fourth-order valence-electron chi connectivity index (χ4n) is 4.48. The smallest absolute Gasteiger partial charge is 0.298 e. The Kier molecular flexibility index (Phi) is 9.90. The van der Waals surface area contributed by atoms with Gasteiger partial charge in [-0.3, -0.25) is 19.1 Å². The summed E-state index contributed by atoms with van der Waals surface area (Å²) in [5, 5.41) is 24.3. The van der Waals surface area contributed by atoms with Gasteiger partial charge in [-0.25, -0.2) is 0 Å². The molecular formula is C32H30F2N6O5. The van der Waals surface area contributed by atoms with Gasteiger partial charge in [0.15, 0.2) is 0 Å². The minimum atomic E-state index is -3.19. The van der Waals surface area contributed by atoms with E-state index in [1.165, 1.54) is 82.4 Å². The lowest BCUT2D eigenvalue weighted by atomic mass is 10.00. The Morgan fingerprint density at radius 2 is 1.73 bits per heavy atom. The van der Waals surface area contributed by atoms with Crippen molar-refractivity contribution in [2.45, 2.75) is 12.5 Å². The van der Waals surface area contributed by atoms with E-state index in [0.717, 1.165) is 0 Å². The number of anilines is 2. The molecular weight excluding hydrogens is 586 g/mol. The van der Waals surface area contributed by atoms with Crippen molar-refractivity contribution in [1.82, 2.24) is 14.7 Å². The summed E-state index contributed by atoms with van der Waals surface area (Å²) in [7, 11) is 4.62. The van der Waals surface area contributed by atoms with Gasteiger partial charge in [-0.05, 0) is 30.3 Å². The third-order valence-corrected chi connectivity index (χ3v) is 6.96. The molecule has 3 aromatic carbocycles. The van der Waals surface area contributed by atoms with Crippen LogP contribution in [-0.2, 0) is 17.3 Å². The topological polar surface area (TPSA) is 141 Å². The summed E-state index contributed by atoms with van der Waals surface area (Å²) >= 11 is 0. The zero-order valence-corrected chi connectivity index (χ0v) is 24.7. The molecule has 0 radical (unpaired) electrons. The van der Waals surface area contributed by atoms with Crippen LogP contribution in [0.15, 0.2) is 79.0 Å². The van der Waals surface area contributed by atoms with Crippen LogP contribution >= 0.6 is 0 Å². The zero-order chi connectivity index (χ0) is 32.7. The van der Waals surface area contributed by atoms with E-state index in [2.05, 4.69) is 10.4 Å². The average Bonchev–Trinajstić information content (AvgIpc) is 3.48. The minimum Gasteiger partial charge on any atom is -0.495 e. The molecule has 0 bridgehead atoms. The molecule has 0 saturated heterocycles. The number of hydrogen-bond acceptors (Lipinski definition) is 7. The van der Waals surface area contributed by atoms with E-state index in [0.29, 0.717) is 18.0 Å². The van der Waals surface area contributed by atoms with E-state index in [1.807, 2.05) is 6.07 Å². The predicted octanol–water partition coefficient (Wildman–Crippen LogP) is 3.88. The molecule has 13 heteroatoms. The fraction of sp³-hybridized carbons (Fsp3) is 0.219. The highest BCUT2D eigenvalue weighted by Gasteiger charge is 2.35. The number of aromatic nitrogens is 2. The highest BCUT2D eigenvalue weighted by atomic mass is 19.3. The van der Waals surface area contributed by atoms with Crippen LogP contribution in [0.4, 0.5) is 20.2 Å². The van der Waals surface area contributed by atoms with Gasteiger partial charge in [-0.1, -0.05) is 42.5 Å². The van der Waals surface area contributed by atoms with Crippen LogP contribution in [0.1, 0.15) is 37.5 Å². The second-order valence-corrected chi connectivity index (χ2v) is 10.0. The number of carbonyl (C=O) groups excluding carboxylic acids is 3. The van der Waals surface area contributed by atoms with Gasteiger partial charge in [0.05, 0.1) is 31.1 Å². The highest BCUT2D eigenvalue weighted by molar-refractivity contribution is 6.13. The molecule has 0 fully saturated rings. The van der Waals surface area contributed by atoms with Crippen molar-refractivity contribution >= 4 is 29.1 Å². The number of fused-ring (bicyclic) bond motifs is 1. The standard InChI is InChI=1S/C28H21F2N5O3.C4H9NO2/c1-38-24-12-7-18(15-19(24)16-31)26(36)33-23-17-32-35-14-13-34(27(37)25(23)35)22-10-8-21(9-11-22)28(29,30)20-5-3-2-4-6-20;1-5(2)4(7)3-6/h2-12,15,17H,13-14H2,1H3,(H,33,36);6H,3H2,1-2H3. The Bertz CT molecular complexity index is 1730. The van der Waals surface area contributed by atoms with Crippen LogP contribution in [0.2, 0.25) is 0 Å². The van der Waals surface area contributed by atoms with E-state index < -0.39 is 24.3 Å². The third kappa shape index (κ3) is 6.97. The molecule has 5 rings (SSSR count). The number of nitriles is 1. The highest BCUT2D eigenvalue weighted by Crippen LogP contribution is 2.36. The number of methoxy groups -OCH3 is 1. The number of carbonyl (C=O) groups is 3. The first kappa shape index (κ1) is 32.3. The largest absolute Gasteiger partial charge is 0.495 e. The van der Waals surface area contributed by atoms with Crippen molar-refractivity contribution in [3.05, 3.63) is 107 Å². The average molecular weight is 617 g/mol. The van der Waals surface area contributed by atoms with Gasteiger partial charge in [-0.15, -0.1) is 0 Å². The molecule has 232 valence electrons. The maximum atomic E-state index is 14.9. The Labute approximate surface area is 257 Å². The molecule has 45 heavy (non-hydrogen) atoms. The summed E-state index contributed by atoms with van der Waals surface area (Å²) < 4.78 is 36.5. The van der Waals surface area contributed by atoms with Gasteiger partial charge in [0.25, 0.3) is 17.7 Å². The first-order valence-corrected chi connectivity index (χ1v) is 13.6. The van der Waals surface area contributed by atoms with Gasteiger partial charge in [0.1, 0.15) is 24.1 Å². The number of aliphatic hydroxyl groups excluding tert-OH is 1. The van der Waals surface area contributed by atoms with Gasteiger partial charge >= 0.3 is 0 Å². The second kappa shape index (κ2) is 13.8. The van der Waals surface area contributed by atoms with Crippen LogP contribution in [0.3, 0.4) is 0 Å².